The lowest BCUT2D eigenvalue weighted by atomic mass is 9.75. The average Bonchev–Trinajstić information content (AvgIpc) is 2.66. The fourth-order valence-electron chi connectivity index (χ4n) is 5.23. The van der Waals surface area contributed by atoms with Crippen LogP contribution in [0.5, 0.6) is 0 Å². The maximum Gasteiger partial charge on any atom is -0.0326 e. The van der Waals surface area contributed by atoms with Crippen LogP contribution in [0.4, 0.5) is 0 Å². The van der Waals surface area contributed by atoms with Crippen molar-refractivity contribution in [1.29, 1.82) is 0 Å². The predicted octanol–water partition coefficient (Wildman–Crippen LogP) is 4.10. The molecule has 3 fully saturated rings. The van der Waals surface area contributed by atoms with Gasteiger partial charge in [-0.25, -0.2) is 0 Å². The van der Waals surface area contributed by atoms with Crippen molar-refractivity contribution in [2.24, 2.45) is 35.5 Å². The summed E-state index contributed by atoms with van der Waals surface area (Å²) in [4.78, 5) is 0. The van der Waals surface area contributed by atoms with Crippen LogP contribution in [0.25, 0.3) is 0 Å². The minimum absolute atomic E-state index is 1.04. The highest BCUT2D eigenvalue weighted by atomic mass is 14.6. The van der Waals surface area contributed by atoms with Gasteiger partial charge in [0.25, 0.3) is 0 Å². The number of hydrogen-bond acceptors (Lipinski definition) is 0. The summed E-state index contributed by atoms with van der Waals surface area (Å²) in [5.41, 5.74) is 0. The van der Waals surface area contributed by atoms with Gasteiger partial charge < -0.3 is 0 Å². The van der Waals surface area contributed by atoms with E-state index in [1.54, 1.807) is 19.3 Å². The summed E-state index contributed by atoms with van der Waals surface area (Å²) in [6.07, 6.45) is 9.33. The molecule has 3 saturated carbocycles. The van der Waals surface area contributed by atoms with Gasteiger partial charge in [0.1, 0.15) is 0 Å². The van der Waals surface area contributed by atoms with E-state index < -0.39 is 0 Å². The van der Waals surface area contributed by atoms with Crippen LogP contribution in [0.15, 0.2) is 0 Å². The Morgan fingerprint density at radius 1 is 0.786 bits per heavy atom. The molecule has 0 saturated heterocycles. The van der Waals surface area contributed by atoms with Gasteiger partial charge in [-0.1, -0.05) is 33.1 Å². The van der Waals surface area contributed by atoms with Crippen LogP contribution < -0.4 is 0 Å². The Morgan fingerprint density at radius 3 is 2.43 bits per heavy atom. The first-order valence-electron chi connectivity index (χ1n) is 6.77. The molecule has 0 bridgehead atoms. The van der Waals surface area contributed by atoms with E-state index in [2.05, 4.69) is 13.8 Å². The highest BCUT2D eigenvalue weighted by Crippen LogP contribution is 2.59. The third-order valence-electron chi connectivity index (χ3n) is 5.66. The lowest BCUT2D eigenvalue weighted by Gasteiger charge is -2.31. The summed E-state index contributed by atoms with van der Waals surface area (Å²) in [7, 11) is 0. The predicted molar refractivity (Wildman–Crippen MR) is 60.0 cm³/mol. The topological polar surface area (TPSA) is 0 Å². The van der Waals surface area contributed by atoms with E-state index in [-0.39, 0.29) is 0 Å². The van der Waals surface area contributed by atoms with Gasteiger partial charge in [0.15, 0.2) is 0 Å². The minimum Gasteiger partial charge on any atom is -0.0622 e. The van der Waals surface area contributed by atoms with Crippen LogP contribution in [0.2, 0.25) is 0 Å². The second-order valence-electron chi connectivity index (χ2n) is 6.38. The summed E-state index contributed by atoms with van der Waals surface area (Å²) in [6.45, 7) is 5.04. The summed E-state index contributed by atoms with van der Waals surface area (Å²) in [5.74, 6) is 6.63. The normalized spacial score (nSPS) is 57.0. The van der Waals surface area contributed by atoms with E-state index in [1.165, 1.54) is 19.3 Å². The van der Waals surface area contributed by atoms with Gasteiger partial charge in [-0.2, -0.15) is 0 Å². The zero-order valence-electron chi connectivity index (χ0n) is 9.71. The highest BCUT2D eigenvalue weighted by Gasteiger charge is 2.51. The Kier molecular flexibility index (Phi) is 2.15. The largest absolute Gasteiger partial charge is 0.0622 e. The third-order valence-corrected chi connectivity index (χ3v) is 5.66. The van der Waals surface area contributed by atoms with Gasteiger partial charge in [-0.3, -0.25) is 0 Å². The molecule has 0 aromatic carbocycles. The van der Waals surface area contributed by atoms with Crippen LogP contribution >= 0.6 is 0 Å². The standard InChI is InChI=1S/C14H24/c1-9-7-10(2)14-12-6-4-3-5-11(12)8-13(9)14/h9-14H,3-8H2,1-2H3. The second-order valence-corrected chi connectivity index (χ2v) is 6.38. The first-order chi connectivity index (χ1) is 6.77. The summed E-state index contributed by atoms with van der Waals surface area (Å²) >= 11 is 0. The molecule has 0 aliphatic heterocycles. The SMILES string of the molecule is CC1CC(C)C2C1CC1CCCCC12. The monoisotopic (exact) mass is 192 g/mol. The van der Waals surface area contributed by atoms with Gasteiger partial charge in [0.2, 0.25) is 0 Å². The Labute approximate surface area is 88.5 Å². The summed E-state index contributed by atoms with van der Waals surface area (Å²) < 4.78 is 0. The van der Waals surface area contributed by atoms with Gasteiger partial charge in [0.05, 0.1) is 0 Å². The first kappa shape index (κ1) is 9.24. The van der Waals surface area contributed by atoms with Crippen LogP contribution in [-0.2, 0) is 0 Å². The molecule has 0 N–H and O–H groups in total. The summed E-state index contributed by atoms with van der Waals surface area (Å²) in [5, 5.41) is 0. The molecule has 80 valence electrons. The van der Waals surface area contributed by atoms with Gasteiger partial charge >= 0.3 is 0 Å². The smallest absolute Gasteiger partial charge is 0.0326 e. The zero-order valence-corrected chi connectivity index (χ0v) is 9.71. The number of fused-ring (bicyclic) bond motifs is 3. The first-order valence-corrected chi connectivity index (χ1v) is 6.77. The molecular formula is C14H24. The van der Waals surface area contributed by atoms with Crippen LogP contribution in [0.1, 0.15) is 52.4 Å². The van der Waals surface area contributed by atoms with E-state index in [1.807, 2.05) is 0 Å². The van der Waals surface area contributed by atoms with Crippen LogP contribution in [-0.4, -0.2) is 0 Å². The highest BCUT2D eigenvalue weighted by molar-refractivity contribution is 5.00. The van der Waals surface area contributed by atoms with Crippen molar-refractivity contribution in [2.45, 2.75) is 52.4 Å². The maximum absolute atomic E-state index is 2.53. The molecule has 0 aromatic rings. The molecule has 0 spiro atoms. The lowest BCUT2D eigenvalue weighted by molar-refractivity contribution is 0.192. The number of rotatable bonds is 0. The fourth-order valence-corrected chi connectivity index (χ4v) is 5.23. The average molecular weight is 192 g/mol. The van der Waals surface area contributed by atoms with Crippen molar-refractivity contribution >= 4 is 0 Å². The van der Waals surface area contributed by atoms with Gasteiger partial charge in [0, 0.05) is 0 Å². The van der Waals surface area contributed by atoms with E-state index in [0.29, 0.717) is 0 Å². The molecule has 0 heterocycles. The molecule has 0 nitrogen and oxygen atoms in total. The van der Waals surface area contributed by atoms with E-state index in [9.17, 15) is 0 Å². The molecule has 0 amide bonds. The molecule has 14 heavy (non-hydrogen) atoms. The Bertz CT molecular complexity index is 220. The second kappa shape index (κ2) is 3.25. The summed E-state index contributed by atoms with van der Waals surface area (Å²) in [6, 6.07) is 0. The van der Waals surface area contributed by atoms with Crippen molar-refractivity contribution < 1.29 is 0 Å². The van der Waals surface area contributed by atoms with E-state index in [4.69, 9.17) is 0 Å². The van der Waals surface area contributed by atoms with Gasteiger partial charge in [-0.15, -0.1) is 0 Å². The molecule has 6 atom stereocenters. The Hall–Kier alpha value is 0. The molecule has 6 unspecified atom stereocenters. The van der Waals surface area contributed by atoms with Crippen LogP contribution in [0.3, 0.4) is 0 Å². The molecule has 3 aliphatic rings. The zero-order chi connectivity index (χ0) is 9.71. The molecule has 0 aromatic heterocycles. The van der Waals surface area contributed by atoms with Gasteiger partial charge in [-0.05, 0) is 54.8 Å². The van der Waals surface area contributed by atoms with Crippen molar-refractivity contribution in [1.82, 2.24) is 0 Å². The molecule has 3 rings (SSSR count). The fraction of sp³-hybridized carbons (Fsp3) is 1.00. The minimum atomic E-state index is 1.04. The number of hydrogen-bond donors (Lipinski definition) is 0. The van der Waals surface area contributed by atoms with E-state index in [0.717, 1.165) is 35.5 Å². The quantitative estimate of drug-likeness (QED) is 0.542. The lowest BCUT2D eigenvalue weighted by Crippen LogP contribution is -2.22. The van der Waals surface area contributed by atoms with Crippen molar-refractivity contribution in [3.05, 3.63) is 0 Å². The Balaban J connectivity index is 1.83. The van der Waals surface area contributed by atoms with Crippen molar-refractivity contribution in [3.8, 4) is 0 Å². The molecule has 0 radical (unpaired) electrons. The van der Waals surface area contributed by atoms with Crippen LogP contribution in [0, 0.1) is 35.5 Å². The molecular weight excluding hydrogens is 168 g/mol. The molecule has 0 heteroatoms. The van der Waals surface area contributed by atoms with Crippen molar-refractivity contribution in [2.75, 3.05) is 0 Å². The Morgan fingerprint density at radius 2 is 1.57 bits per heavy atom. The molecule has 3 aliphatic carbocycles. The maximum atomic E-state index is 2.53. The van der Waals surface area contributed by atoms with Crippen molar-refractivity contribution in [3.63, 3.8) is 0 Å². The third kappa shape index (κ3) is 1.19. The van der Waals surface area contributed by atoms with E-state index >= 15 is 0 Å².